The van der Waals surface area contributed by atoms with Crippen molar-refractivity contribution >= 4 is 6.09 Å². The fraction of sp³-hybridized carbons (Fsp3) is 0.500. The van der Waals surface area contributed by atoms with Crippen LogP contribution in [0.15, 0.2) is 30.3 Å². The summed E-state index contributed by atoms with van der Waals surface area (Å²) < 4.78 is 5.10. The third-order valence-electron chi connectivity index (χ3n) is 3.34. The minimum Gasteiger partial charge on any atom is -0.449 e. The molecule has 0 spiro atoms. The van der Waals surface area contributed by atoms with Crippen molar-refractivity contribution in [1.82, 2.24) is 4.90 Å². The van der Waals surface area contributed by atoms with Crippen molar-refractivity contribution in [3.8, 4) is 0 Å². The number of hydrogen-bond donors (Lipinski definition) is 1. The molecule has 1 aliphatic rings. The number of nitrogens with zero attached hydrogens (tertiary/aromatic N) is 1. The summed E-state index contributed by atoms with van der Waals surface area (Å²) in [7, 11) is 0. The molecule has 2 rings (SSSR count). The Labute approximate surface area is 108 Å². The Morgan fingerprint density at radius 1 is 1.33 bits per heavy atom. The van der Waals surface area contributed by atoms with Crippen molar-refractivity contribution in [1.29, 1.82) is 0 Å². The average molecular weight is 248 g/mol. The van der Waals surface area contributed by atoms with Crippen LogP contribution in [0.3, 0.4) is 0 Å². The van der Waals surface area contributed by atoms with Crippen LogP contribution in [0.5, 0.6) is 0 Å². The number of carbonyl (C=O) groups excluding carboxylic acids is 1. The van der Waals surface area contributed by atoms with E-state index in [2.05, 4.69) is 12.1 Å². The Bertz CT molecular complexity index is 379. The zero-order valence-electron chi connectivity index (χ0n) is 10.5. The minimum absolute atomic E-state index is 0.198. The van der Waals surface area contributed by atoms with Crippen molar-refractivity contribution in [2.45, 2.75) is 25.3 Å². The lowest BCUT2D eigenvalue weighted by Gasteiger charge is -2.34. The summed E-state index contributed by atoms with van der Waals surface area (Å²) in [6.07, 6.45) is 2.40. The fourth-order valence-electron chi connectivity index (χ4n) is 2.33. The van der Waals surface area contributed by atoms with Gasteiger partial charge < -0.3 is 15.4 Å². The van der Waals surface area contributed by atoms with Crippen molar-refractivity contribution in [3.63, 3.8) is 0 Å². The monoisotopic (exact) mass is 248 g/mol. The topological polar surface area (TPSA) is 55.6 Å². The Morgan fingerprint density at radius 2 is 2.11 bits per heavy atom. The van der Waals surface area contributed by atoms with E-state index < -0.39 is 0 Å². The van der Waals surface area contributed by atoms with Crippen LogP contribution >= 0.6 is 0 Å². The third-order valence-corrected chi connectivity index (χ3v) is 3.34. The molecule has 1 aromatic carbocycles. The first-order valence-electron chi connectivity index (χ1n) is 6.48. The number of ether oxygens (including phenoxy) is 1. The first-order valence-corrected chi connectivity index (χ1v) is 6.48. The van der Waals surface area contributed by atoms with Gasteiger partial charge in [0.2, 0.25) is 0 Å². The molecule has 1 heterocycles. The Kier molecular flexibility index (Phi) is 4.59. The Balaban J connectivity index is 1.94. The zero-order chi connectivity index (χ0) is 12.8. The van der Waals surface area contributed by atoms with Crippen LogP contribution < -0.4 is 5.73 Å². The number of cyclic esters (lactones) is 1. The van der Waals surface area contributed by atoms with Crippen molar-refractivity contribution < 1.29 is 9.53 Å². The van der Waals surface area contributed by atoms with Gasteiger partial charge in [-0.15, -0.1) is 0 Å². The van der Waals surface area contributed by atoms with E-state index in [1.165, 1.54) is 5.56 Å². The molecule has 18 heavy (non-hydrogen) atoms. The van der Waals surface area contributed by atoms with E-state index in [1.54, 1.807) is 0 Å². The number of rotatable bonds is 5. The molecule has 2 N–H and O–H groups in total. The number of amides is 1. The van der Waals surface area contributed by atoms with Gasteiger partial charge in [0.1, 0.15) is 0 Å². The third kappa shape index (κ3) is 3.23. The van der Waals surface area contributed by atoms with Gasteiger partial charge in [0.25, 0.3) is 0 Å². The predicted octanol–water partition coefficient (Wildman–Crippen LogP) is 1.79. The summed E-state index contributed by atoms with van der Waals surface area (Å²) in [6.45, 7) is 1.83. The molecule has 98 valence electrons. The van der Waals surface area contributed by atoms with Gasteiger partial charge in [0.05, 0.1) is 6.61 Å². The molecule has 0 aliphatic carbocycles. The van der Waals surface area contributed by atoms with E-state index in [0.29, 0.717) is 19.7 Å². The minimum atomic E-state index is -0.198. The molecule has 0 bridgehead atoms. The molecular weight excluding hydrogens is 228 g/mol. The maximum Gasteiger partial charge on any atom is 0.410 e. The summed E-state index contributed by atoms with van der Waals surface area (Å²) in [5.74, 6) is 0. The van der Waals surface area contributed by atoms with Crippen molar-refractivity contribution in [3.05, 3.63) is 35.9 Å². The lowest BCUT2D eigenvalue weighted by molar-refractivity contribution is 0.0430. The van der Waals surface area contributed by atoms with Gasteiger partial charge in [-0.2, -0.15) is 0 Å². The van der Waals surface area contributed by atoms with Crippen molar-refractivity contribution in [2.24, 2.45) is 5.73 Å². The summed E-state index contributed by atoms with van der Waals surface area (Å²) in [6, 6.07) is 10.4. The molecule has 1 atom stereocenters. The van der Waals surface area contributed by atoms with Gasteiger partial charge in [-0.1, -0.05) is 30.3 Å². The lowest BCUT2D eigenvalue weighted by Crippen LogP contribution is -2.47. The summed E-state index contributed by atoms with van der Waals surface area (Å²) in [5, 5.41) is 0. The van der Waals surface area contributed by atoms with Crippen LogP contribution in [0, 0.1) is 0 Å². The summed E-state index contributed by atoms with van der Waals surface area (Å²) in [4.78, 5) is 13.6. The second kappa shape index (κ2) is 6.40. The van der Waals surface area contributed by atoms with Crippen LogP contribution in [0.25, 0.3) is 0 Å². The highest BCUT2D eigenvalue weighted by Crippen LogP contribution is 2.16. The van der Waals surface area contributed by atoms with Crippen LogP contribution in [-0.2, 0) is 11.2 Å². The molecule has 1 fully saturated rings. The van der Waals surface area contributed by atoms with Gasteiger partial charge in [-0.05, 0) is 24.9 Å². The van der Waals surface area contributed by atoms with E-state index in [9.17, 15) is 4.79 Å². The molecule has 1 aliphatic heterocycles. The fourth-order valence-corrected chi connectivity index (χ4v) is 2.33. The first kappa shape index (κ1) is 12.9. The largest absolute Gasteiger partial charge is 0.449 e. The molecular formula is C14H20N2O2. The van der Waals surface area contributed by atoms with Gasteiger partial charge in [-0.3, -0.25) is 0 Å². The van der Waals surface area contributed by atoms with Gasteiger partial charge in [0, 0.05) is 19.0 Å². The normalized spacial score (nSPS) is 19.7. The highest BCUT2D eigenvalue weighted by Gasteiger charge is 2.28. The quantitative estimate of drug-likeness (QED) is 0.864. The van der Waals surface area contributed by atoms with Gasteiger partial charge in [0.15, 0.2) is 0 Å². The maximum atomic E-state index is 11.8. The van der Waals surface area contributed by atoms with Crippen LogP contribution in [-0.4, -0.2) is 36.7 Å². The average Bonchev–Trinajstić information content (AvgIpc) is 2.40. The zero-order valence-corrected chi connectivity index (χ0v) is 10.5. The molecule has 1 saturated heterocycles. The number of benzene rings is 1. The van der Waals surface area contributed by atoms with E-state index in [0.717, 1.165) is 19.3 Å². The highest BCUT2D eigenvalue weighted by molar-refractivity contribution is 5.68. The SMILES string of the molecule is NCCC1CCOC(=O)N1CCc1ccccc1. The van der Waals surface area contributed by atoms with E-state index >= 15 is 0 Å². The Hall–Kier alpha value is -1.55. The molecule has 4 heteroatoms. The van der Waals surface area contributed by atoms with Crippen LogP contribution in [0.2, 0.25) is 0 Å². The molecule has 1 aromatic rings. The predicted molar refractivity (Wildman–Crippen MR) is 70.3 cm³/mol. The molecule has 4 nitrogen and oxygen atoms in total. The second-order valence-electron chi connectivity index (χ2n) is 4.56. The van der Waals surface area contributed by atoms with Crippen LogP contribution in [0.4, 0.5) is 4.79 Å². The molecule has 0 radical (unpaired) electrons. The highest BCUT2D eigenvalue weighted by atomic mass is 16.6. The molecule has 0 aromatic heterocycles. The molecule has 0 saturated carbocycles. The van der Waals surface area contributed by atoms with E-state index in [-0.39, 0.29) is 12.1 Å². The van der Waals surface area contributed by atoms with Gasteiger partial charge >= 0.3 is 6.09 Å². The molecule has 1 amide bonds. The number of hydrogen-bond acceptors (Lipinski definition) is 3. The van der Waals surface area contributed by atoms with Crippen LogP contribution in [0.1, 0.15) is 18.4 Å². The second-order valence-corrected chi connectivity index (χ2v) is 4.56. The van der Waals surface area contributed by atoms with E-state index in [4.69, 9.17) is 10.5 Å². The number of carbonyl (C=O) groups is 1. The van der Waals surface area contributed by atoms with E-state index in [1.807, 2.05) is 23.1 Å². The maximum absolute atomic E-state index is 11.8. The van der Waals surface area contributed by atoms with Crippen molar-refractivity contribution in [2.75, 3.05) is 19.7 Å². The first-order chi connectivity index (χ1) is 8.81. The lowest BCUT2D eigenvalue weighted by atomic mass is 10.1. The molecule has 1 unspecified atom stereocenters. The number of nitrogens with two attached hydrogens (primary N) is 1. The summed E-state index contributed by atoms with van der Waals surface area (Å²) in [5.41, 5.74) is 6.83. The Morgan fingerprint density at radius 3 is 2.83 bits per heavy atom. The summed E-state index contributed by atoms with van der Waals surface area (Å²) >= 11 is 0. The standard InChI is InChI=1S/C14H20N2O2/c15-9-6-13-8-11-18-14(17)16(13)10-7-12-4-2-1-3-5-12/h1-5,13H,6-11,15H2. The smallest absolute Gasteiger partial charge is 0.410 e. The van der Waals surface area contributed by atoms with Gasteiger partial charge in [-0.25, -0.2) is 4.79 Å².